The second-order valence-corrected chi connectivity index (χ2v) is 5.35. The maximum Gasteiger partial charge on any atom is 0.115 e. The van der Waals surface area contributed by atoms with Crippen LogP contribution in [-0.4, -0.2) is 30.0 Å². The van der Waals surface area contributed by atoms with Crippen molar-refractivity contribution in [1.29, 1.82) is 0 Å². The van der Waals surface area contributed by atoms with Crippen LogP contribution >= 0.6 is 0 Å². The van der Waals surface area contributed by atoms with Crippen LogP contribution in [0.4, 0.5) is 0 Å². The van der Waals surface area contributed by atoms with E-state index in [2.05, 4.69) is 24.9 Å². The number of phenols is 1. The van der Waals surface area contributed by atoms with E-state index in [0.29, 0.717) is 22.8 Å². The van der Waals surface area contributed by atoms with Gasteiger partial charge in [0.1, 0.15) is 17.1 Å². The Morgan fingerprint density at radius 3 is 1.64 bits per heavy atom. The van der Waals surface area contributed by atoms with Crippen molar-refractivity contribution >= 4 is 0 Å². The molecule has 0 fully saturated rings. The van der Waals surface area contributed by atoms with Gasteiger partial charge in [-0.05, 0) is 35.4 Å². The molecule has 0 aliphatic rings. The van der Waals surface area contributed by atoms with Crippen LogP contribution in [0.3, 0.4) is 0 Å². The molecule has 0 aliphatic carbocycles. The lowest BCUT2D eigenvalue weighted by Gasteiger charge is -2.09. The van der Waals surface area contributed by atoms with Gasteiger partial charge < -0.3 is 5.11 Å². The number of aromatic hydroxyl groups is 1. The van der Waals surface area contributed by atoms with Gasteiger partial charge in [-0.3, -0.25) is 19.9 Å². The lowest BCUT2D eigenvalue weighted by molar-refractivity contribution is 0.475. The van der Waals surface area contributed by atoms with Gasteiger partial charge in [0, 0.05) is 24.8 Å². The average Bonchev–Trinajstić information content (AvgIpc) is 2.69. The summed E-state index contributed by atoms with van der Waals surface area (Å²) in [5, 5.41) is 9.52. The van der Waals surface area contributed by atoms with Crippen molar-refractivity contribution in [2.24, 2.45) is 0 Å². The fourth-order valence-electron chi connectivity index (χ4n) is 2.48. The minimum Gasteiger partial charge on any atom is -0.508 e. The highest BCUT2D eigenvalue weighted by atomic mass is 16.3. The lowest BCUT2D eigenvalue weighted by atomic mass is 10.0. The number of phenolic OH excluding ortho intramolecular Hbond substituents is 1. The predicted molar refractivity (Wildman–Crippen MR) is 93.4 cm³/mol. The van der Waals surface area contributed by atoms with Crippen LogP contribution < -0.4 is 0 Å². The molecule has 0 radical (unpaired) electrons. The zero-order chi connectivity index (χ0) is 17.1. The van der Waals surface area contributed by atoms with Gasteiger partial charge in [-0.1, -0.05) is 12.1 Å². The van der Waals surface area contributed by atoms with Crippen molar-refractivity contribution in [3.05, 3.63) is 73.6 Å². The first kappa shape index (κ1) is 14.9. The third-order valence-corrected chi connectivity index (χ3v) is 3.68. The Balaban J connectivity index is 1.90. The molecule has 120 valence electrons. The van der Waals surface area contributed by atoms with Gasteiger partial charge in [0.2, 0.25) is 0 Å². The molecular formula is C19H13N5O. The highest BCUT2D eigenvalue weighted by molar-refractivity contribution is 5.74. The number of benzene rings is 1. The van der Waals surface area contributed by atoms with E-state index in [1.165, 1.54) is 0 Å². The summed E-state index contributed by atoms with van der Waals surface area (Å²) < 4.78 is 0. The second kappa shape index (κ2) is 6.45. The molecule has 3 heterocycles. The van der Waals surface area contributed by atoms with Gasteiger partial charge in [-0.15, -0.1) is 0 Å². The molecule has 4 rings (SSSR count). The first-order valence-corrected chi connectivity index (χ1v) is 7.64. The molecule has 1 N–H and O–H groups in total. The molecule has 0 spiro atoms. The van der Waals surface area contributed by atoms with E-state index >= 15 is 0 Å². The number of hydrogen-bond acceptors (Lipinski definition) is 6. The van der Waals surface area contributed by atoms with Gasteiger partial charge in [-0.25, -0.2) is 4.98 Å². The Bertz CT molecular complexity index is 931. The smallest absolute Gasteiger partial charge is 0.115 e. The quantitative estimate of drug-likeness (QED) is 0.621. The maximum absolute atomic E-state index is 9.52. The molecule has 0 aliphatic heterocycles. The van der Waals surface area contributed by atoms with Crippen molar-refractivity contribution in [3.8, 4) is 39.7 Å². The molecule has 3 aromatic heterocycles. The fraction of sp³-hybridized carbons (Fsp3) is 0. The first-order chi connectivity index (χ1) is 12.3. The summed E-state index contributed by atoms with van der Waals surface area (Å²) in [6.45, 7) is 0. The van der Waals surface area contributed by atoms with E-state index in [-0.39, 0.29) is 5.75 Å². The highest BCUT2D eigenvalue weighted by Crippen LogP contribution is 2.29. The van der Waals surface area contributed by atoms with Crippen molar-refractivity contribution in [3.63, 3.8) is 0 Å². The third-order valence-electron chi connectivity index (χ3n) is 3.68. The van der Waals surface area contributed by atoms with Crippen LogP contribution in [0.15, 0.2) is 73.6 Å². The Morgan fingerprint density at radius 2 is 1.16 bits per heavy atom. The zero-order valence-electron chi connectivity index (χ0n) is 13.1. The minimum absolute atomic E-state index is 0.223. The summed E-state index contributed by atoms with van der Waals surface area (Å²) in [4.78, 5) is 21.6. The standard InChI is InChI=1S/C19H13N5O/c25-15-3-1-13(2-4-15)14-9-16(18-11-20-5-7-22-18)24-17(10-14)19-12-21-6-8-23-19/h1-12,25H. The monoisotopic (exact) mass is 327 g/mol. The van der Waals surface area contributed by atoms with Crippen molar-refractivity contribution in [2.45, 2.75) is 0 Å². The van der Waals surface area contributed by atoms with Crippen LogP contribution in [0, 0.1) is 0 Å². The Hall–Kier alpha value is -3.67. The van der Waals surface area contributed by atoms with Crippen LogP contribution in [0.5, 0.6) is 5.75 Å². The molecule has 0 unspecified atom stereocenters. The largest absolute Gasteiger partial charge is 0.508 e. The Kier molecular flexibility index (Phi) is 3.84. The molecule has 0 saturated heterocycles. The van der Waals surface area contributed by atoms with Crippen LogP contribution in [0.1, 0.15) is 0 Å². The fourth-order valence-corrected chi connectivity index (χ4v) is 2.48. The summed E-state index contributed by atoms with van der Waals surface area (Å²) in [5.41, 5.74) is 4.63. The first-order valence-electron chi connectivity index (χ1n) is 7.64. The van der Waals surface area contributed by atoms with Gasteiger partial charge in [0.25, 0.3) is 0 Å². The van der Waals surface area contributed by atoms with Crippen LogP contribution in [-0.2, 0) is 0 Å². The normalized spacial score (nSPS) is 10.6. The number of pyridine rings is 1. The van der Waals surface area contributed by atoms with Gasteiger partial charge in [-0.2, -0.15) is 0 Å². The van der Waals surface area contributed by atoms with E-state index in [1.807, 2.05) is 24.3 Å². The molecular weight excluding hydrogens is 314 g/mol. The van der Waals surface area contributed by atoms with E-state index in [4.69, 9.17) is 0 Å². The highest BCUT2D eigenvalue weighted by Gasteiger charge is 2.10. The topological polar surface area (TPSA) is 84.7 Å². The molecule has 4 aromatic rings. The summed E-state index contributed by atoms with van der Waals surface area (Å²) in [5.74, 6) is 0.223. The molecule has 0 saturated carbocycles. The molecule has 6 heteroatoms. The van der Waals surface area contributed by atoms with Gasteiger partial charge >= 0.3 is 0 Å². The van der Waals surface area contributed by atoms with Crippen molar-refractivity contribution < 1.29 is 5.11 Å². The average molecular weight is 327 g/mol. The van der Waals surface area contributed by atoms with Crippen LogP contribution in [0.2, 0.25) is 0 Å². The SMILES string of the molecule is Oc1ccc(-c2cc(-c3cnccn3)nc(-c3cnccn3)c2)cc1. The Labute approximate surface area is 143 Å². The zero-order valence-corrected chi connectivity index (χ0v) is 13.1. The molecule has 25 heavy (non-hydrogen) atoms. The Morgan fingerprint density at radius 1 is 0.600 bits per heavy atom. The second-order valence-electron chi connectivity index (χ2n) is 5.35. The number of nitrogens with zero attached hydrogens (tertiary/aromatic N) is 5. The van der Waals surface area contributed by atoms with E-state index < -0.39 is 0 Å². The summed E-state index contributed by atoms with van der Waals surface area (Å²) in [7, 11) is 0. The molecule has 1 aromatic carbocycles. The summed E-state index contributed by atoms with van der Waals surface area (Å²) >= 11 is 0. The number of aromatic nitrogens is 5. The third kappa shape index (κ3) is 3.18. The molecule has 0 atom stereocenters. The minimum atomic E-state index is 0.223. The van der Waals surface area contributed by atoms with E-state index in [9.17, 15) is 5.11 Å². The predicted octanol–water partition coefficient (Wildman–Crippen LogP) is 3.37. The molecule has 0 bridgehead atoms. The number of rotatable bonds is 3. The van der Waals surface area contributed by atoms with E-state index in [1.54, 1.807) is 49.3 Å². The number of hydrogen-bond donors (Lipinski definition) is 1. The maximum atomic E-state index is 9.52. The van der Waals surface area contributed by atoms with Gasteiger partial charge in [0.05, 0.1) is 23.8 Å². The lowest BCUT2D eigenvalue weighted by Crippen LogP contribution is -1.94. The van der Waals surface area contributed by atoms with E-state index in [0.717, 1.165) is 11.1 Å². The summed E-state index contributed by atoms with van der Waals surface area (Å²) in [6.07, 6.45) is 9.85. The summed E-state index contributed by atoms with van der Waals surface area (Å²) in [6, 6.07) is 10.9. The molecule has 6 nitrogen and oxygen atoms in total. The van der Waals surface area contributed by atoms with Crippen molar-refractivity contribution in [2.75, 3.05) is 0 Å². The van der Waals surface area contributed by atoms with Crippen LogP contribution in [0.25, 0.3) is 33.9 Å². The van der Waals surface area contributed by atoms with Gasteiger partial charge in [0.15, 0.2) is 0 Å². The van der Waals surface area contributed by atoms with Crippen molar-refractivity contribution in [1.82, 2.24) is 24.9 Å². The molecule has 0 amide bonds.